The Morgan fingerprint density at radius 2 is 2.24 bits per heavy atom. The second-order valence-corrected chi connectivity index (χ2v) is 5.06. The third-order valence-corrected chi connectivity index (χ3v) is 3.38. The first-order chi connectivity index (χ1) is 8.06. The molecule has 1 N–H and O–H groups in total. The largest absolute Gasteiger partial charge is 0.477 e. The average Bonchev–Trinajstić information content (AvgIpc) is 2.23. The molecule has 2 rings (SSSR count). The molecule has 4 heteroatoms. The molecule has 0 saturated carbocycles. The fourth-order valence-corrected chi connectivity index (χ4v) is 2.06. The van der Waals surface area contributed by atoms with Crippen molar-refractivity contribution < 1.29 is 9.90 Å². The van der Waals surface area contributed by atoms with E-state index in [1.165, 1.54) is 0 Å². The highest BCUT2D eigenvalue weighted by Crippen LogP contribution is 2.24. The molecule has 1 aliphatic heterocycles. The second-order valence-electron chi connectivity index (χ2n) is 5.06. The van der Waals surface area contributed by atoms with Gasteiger partial charge in [-0.15, -0.1) is 0 Å². The molecule has 92 valence electrons. The van der Waals surface area contributed by atoms with E-state index in [1.54, 1.807) is 12.3 Å². The molecule has 0 radical (unpaired) electrons. The lowest BCUT2D eigenvalue weighted by molar-refractivity contribution is 0.0612. The minimum Gasteiger partial charge on any atom is -0.477 e. The molecule has 1 aromatic heterocycles. The Labute approximate surface area is 101 Å². The highest BCUT2D eigenvalue weighted by Gasteiger charge is 2.28. The van der Waals surface area contributed by atoms with Crippen LogP contribution in [0.4, 0.5) is 0 Å². The van der Waals surface area contributed by atoms with E-state index in [1.807, 2.05) is 6.07 Å². The van der Waals surface area contributed by atoms with Gasteiger partial charge in [0.2, 0.25) is 0 Å². The van der Waals surface area contributed by atoms with Crippen LogP contribution in [0.5, 0.6) is 0 Å². The van der Waals surface area contributed by atoms with E-state index >= 15 is 0 Å². The Morgan fingerprint density at radius 1 is 1.53 bits per heavy atom. The Hall–Kier alpha value is -1.42. The van der Waals surface area contributed by atoms with Crippen LogP contribution in [-0.4, -0.2) is 34.0 Å². The zero-order valence-corrected chi connectivity index (χ0v) is 10.3. The molecule has 1 aliphatic rings. The highest BCUT2D eigenvalue weighted by molar-refractivity contribution is 5.85. The van der Waals surface area contributed by atoms with Gasteiger partial charge in [0.1, 0.15) is 5.69 Å². The zero-order valence-electron chi connectivity index (χ0n) is 10.3. The molecule has 1 fully saturated rings. The van der Waals surface area contributed by atoms with Crippen LogP contribution in [-0.2, 0) is 6.54 Å². The van der Waals surface area contributed by atoms with Crippen molar-refractivity contribution in [2.75, 3.05) is 13.1 Å². The number of carbonyl (C=O) groups is 1. The molecule has 0 spiro atoms. The molecule has 0 atom stereocenters. The molecule has 1 aromatic rings. The van der Waals surface area contributed by atoms with Gasteiger partial charge in [0.25, 0.3) is 0 Å². The standard InChI is InChI=1S/C13H18N2O2/c1-9(2)11-7-15(8-11)6-10-3-4-12(13(16)17)14-5-10/h3-5,9,11H,6-8H2,1-2H3,(H,16,17). The van der Waals surface area contributed by atoms with Crippen molar-refractivity contribution in [2.45, 2.75) is 20.4 Å². The van der Waals surface area contributed by atoms with E-state index in [0.717, 1.165) is 37.0 Å². The molecule has 4 nitrogen and oxygen atoms in total. The zero-order chi connectivity index (χ0) is 12.4. The van der Waals surface area contributed by atoms with Gasteiger partial charge in [-0.1, -0.05) is 19.9 Å². The quantitative estimate of drug-likeness (QED) is 0.864. The molecular formula is C13H18N2O2. The number of carboxylic acids is 1. The predicted octanol–water partition coefficient (Wildman–Crippen LogP) is 1.87. The molecule has 17 heavy (non-hydrogen) atoms. The fourth-order valence-electron chi connectivity index (χ4n) is 2.06. The minimum atomic E-state index is -0.972. The summed E-state index contributed by atoms with van der Waals surface area (Å²) in [5.41, 5.74) is 1.19. The van der Waals surface area contributed by atoms with Gasteiger partial charge in [-0.2, -0.15) is 0 Å². The molecule has 2 heterocycles. The topological polar surface area (TPSA) is 53.4 Å². The minimum absolute atomic E-state index is 0.109. The number of likely N-dealkylation sites (tertiary alicyclic amines) is 1. The van der Waals surface area contributed by atoms with Gasteiger partial charge in [0.15, 0.2) is 0 Å². The highest BCUT2D eigenvalue weighted by atomic mass is 16.4. The van der Waals surface area contributed by atoms with E-state index in [-0.39, 0.29) is 5.69 Å². The van der Waals surface area contributed by atoms with Gasteiger partial charge in [0.05, 0.1) is 0 Å². The van der Waals surface area contributed by atoms with Crippen molar-refractivity contribution in [1.82, 2.24) is 9.88 Å². The first-order valence-electron chi connectivity index (χ1n) is 5.97. The SMILES string of the molecule is CC(C)C1CN(Cc2ccc(C(=O)O)nc2)C1. The number of nitrogens with zero attached hydrogens (tertiary/aromatic N) is 2. The molecule has 0 unspecified atom stereocenters. The lowest BCUT2D eigenvalue weighted by Gasteiger charge is -2.41. The number of pyridine rings is 1. The Bertz CT molecular complexity index is 394. The Balaban J connectivity index is 1.86. The summed E-state index contributed by atoms with van der Waals surface area (Å²) in [6, 6.07) is 3.41. The summed E-state index contributed by atoms with van der Waals surface area (Å²) in [6.45, 7) is 7.66. The van der Waals surface area contributed by atoms with E-state index in [9.17, 15) is 4.79 Å². The lowest BCUT2D eigenvalue weighted by Crippen LogP contribution is -2.48. The van der Waals surface area contributed by atoms with Crippen molar-refractivity contribution in [2.24, 2.45) is 11.8 Å². The normalized spacial score (nSPS) is 17.1. The van der Waals surface area contributed by atoms with Crippen LogP contribution in [0, 0.1) is 11.8 Å². The maximum atomic E-state index is 10.6. The first-order valence-corrected chi connectivity index (χ1v) is 5.97. The maximum absolute atomic E-state index is 10.6. The van der Waals surface area contributed by atoms with Crippen molar-refractivity contribution in [1.29, 1.82) is 0 Å². The lowest BCUT2D eigenvalue weighted by atomic mass is 9.88. The fraction of sp³-hybridized carbons (Fsp3) is 0.538. The number of carboxylic acid groups (broad SMARTS) is 1. The van der Waals surface area contributed by atoms with Crippen LogP contribution in [0.1, 0.15) is 29.9 Å². The van der Waals surface area contributed by atoms with Crippen LogP contribution in [0.2, 0.25) is 0 Å². The van der Waals surface area contributed by atoms with E-state index in [4.69, 9.17) is 5.11 Å². The summed E-state index contributed by atoms with van der Waals surface area (Å²) in [6.07, 6.45) is 1.66. The third-order valence-electron chi connectivity index (χ3n) is 3.38. The first kappa shape index (κ1) is 12.0. The molecule has 0 aromatic carbocycles. The molecule has 0 amide bonds. The maximum Gasteiger partial charge on any atom is 0.354 e. The summed E-state index contributed by atoms with van der Waals surface area (Å²) in [4.78, 5) is 16.9. The molecular weight excluding hydrogens is 216 g/mol. The third kappa shape index (κ3) is 2.82. The molecule has 1 saturated heterocycles. The summed E-state index contributed by atoms with van der Waals surface area (Å²) in [7, 11) is 0. The van der Waals surface area contributed by atoms with E-state index in [2.05, 4.69) is 23.7 Å². The number of aromatic carboxylic acids is 1. The smallest absolute Gasteiger partial charge is 0.354 e. The van der Waals surface area contributed by atoms with Crippen LogP contribution in [0.25, 0.3) is 0 Å². The van der Waals surface area contributed by atoms with Gasteiger partial charge in [0, 0.05) is 25.8 Å². The number of hydrogen-bond donors (Lipinski definition) is 1. The molecule has 0 aliphatic carbocycles. The van der Waals surface area contributed by atoms with Gasteiger partial charge < -0.3 is 5.11 Å². The number of rotatable bonds is 4. The summed E-state index contributed by atoms with van der Waals surface area (Å²) in [5.74, 6) is 0.584. The molecule has 0 bridgehead atoms. The van der Waals surface area contributed by atoms with Gasteiger partial charge >= 0.3 is 5.97 Å². The van der Waals surface area contributed by atoms with Crippen LogP contribution in [0.15, 0.2) is 18.3 Å². The second kappa shape index (κ2) is 4.84. The summed E-state index contributed by atoms with van der Waals surface area (Å²) in [5, 5.41) is 8.74. The van der Waals surface area contributed by atoms with Gasteiger partial charge in [-0.25, -0.2) is 9.78 Å². The van der Waals surface area contributed by atoms with Crippen LogP contribution < -0.4 is 0 Å². The van der Waals surface area contributed by atoms with E-state index in [0.29, 0.717) is 0 Å². The summed E-state index contributed by atoms with van der Waals surface area (Å²) >= 11 is 0. The monoisotopic (exact) mass is 234 g/mol. The van der Waals surface area contributed by atoms with Crippen LogP contribution >= 0.6 is 0 Å². The van der Waals surface area contributed by atoms with Crippen molar-refractivity contribution >= 4 is 5.97 Å². The van der Waals surface area contributed by atoms with E-state index < -0.39 is 5.97 Å². The average molecular weight is 234 g/mol. The van der Waals surface area contributed by atoms with Gasteiger partial charge in [-0.3, -0.25) is 4.90 Å². The van der Waals surface area contributed by atoms with Crippen molar-refractivity contribution in [3.63, 3.8) is 0 Å². The Kier molecular flexibility index (Phi) is 3.43. The van der Waals surface area contributed by atoms with Crippen molar-refractivity contribution in [3.05, 3.63) is 29.6 Å². The van der Waals surface area contributed by atoms with Crippen LogP contribution in [0.3, 0.4) is 0 Å². The summed E-state index contributed by atoms with van der Waals surface area (Å²) < 4.78 is 0. The van der Waals surface area contributed by atoms with Crippen molar-refractivity contribution in [3.8, 4) is 0 Å². The Morgan fingerprint density at radius 3 is 2.71 bits per heavy atom. The number of hydrogen-bond acceptors (Lipinski definition) is 3. The predicted molar refractivity (Wildman–Crippen MR) is 64.8 cm³/mol. The van der Waals surface area contributed by atoms with Gasteiger partial charge in [-0.05, 0) is 23.5 Å². The number of aromatic nitrogens is 1.